The van der Waals surface area contributed by atoms with Crippen molar-refractivity contribution in [1.82, 2.24) is 29.9 Å². The van der Waals surface area contributed by atoms with Gasteiger partial charge in [-0.2, -0.15) is 0 Å². The number of likely N-dealkylation sites (N-methyl/N-ethyl adjacent to an activating group) is 1. The van der Waals surface area contributed by atoms with Gasteiger partial charge in [0.2, 0.25) is 0 Å². The summed E-state index contributed by atoms with van der Waals surface area (Å²) in [5.74, 6) is -1.11. The molecule has 0 spiro atoms. The molecular formula is C27H27F3N8O2. The van der Waals surface area contributed by atoms with Gasteiger partial charge >= 0.3 is 6.36 Å². The number of carbonyl (C=O) groups excluding carboxylic acids is 1. The fourth-order valence-electron chi connectivity index (χ4n) is 4.44. The normalized spacial score (nSPS) is 14.3. The molecule has 0 saturated carbocycles. The molecule has 0 bridgehead atoms. The molecule has 208 valence electrons. The van der Waals surface area contributed by atoms with Crippen molar-refractivity contribution < 1.29 is 22.7 Å². The van der Waals surface area contributed by atoms with E-state index in [0.29, 0.717) is 22.8 Å². The van der Waals surface area contributed by atoms with Crippen LogP contribution in [0.25, 0.3) is 16.9 Å². The Morgan fingerprint density at radius 2 is 1.88 bits per heavy atom. The van der Waals surface area contributed by atoms with Gasteiger partial charge in [0.1, 0.15) is 11.4 Å². The Kier molecular flexibility index (Phi) is 7.65. The molecule has 13 heteroatoms. The maximum Gasteiger partial charge on any atom is 0.573 e. The van der Waals surface area contributed by atoms with Crippen LogP contribution in [-0.4, -0.2) is 74.9 Å². The summed E-state index contributed by atoms with van der Waals surface area (Å²) in [6, 6.07) is 8.53. The van der Waals surface area contributed by atoms with E-state index >= 15 is 0 Å². The van der Waals surface area contributed by atoms with E-state index in [1.54, 1.807) is 30.1 Å². The van der Waals surface area contributed by atoms with Crippen molar-refractivity contribution in [2.75, 3.05) is 42.9 Å². The highest BCUT2D eigenvalue weighted by Crippen LogP contribution is 2.26. The number of halogens is 3. The summed E-state index contributed by atoms with van der Waals surface area (Å²) >= 11 is 0. The van der Waals surface area contributed by atoms with Gasteiger partial charge in [-0.15, -0.1) is 18.3 Å². The molecule has 1 fully saturated rings. The topological polar surface area (TPSA) is 101 Å². The summed E-state index contributed by atoms with van der Waals surface area (Å²) in [5.41, 5.74) is 4.00. The molecule has 1 N–H and O–H groups in total. The first-order chi connectivity index (χ1) is 19.2. The van der Waals surface area contributed by atoms with Crippen LogP contribution in [0.1, 0.15) is 23.0 Å². The van der Waals surface area contributed by atoms with Crippen LogP contribution in [0.3, 0.4) is 0 Å². The van der Waals surface area contributed by atoms with Crippen LogP contribution in [0.4, 0.5) is 24.5 Å². The maximum atomic E-state index is 12.7. The first kappa shape index (κ1) is 27.1. The Morgan fingerprint density at radius 1 is 1.07 bits per heavy atom. The Labute approximate surface area is 228 Å². The van der Waals surface area contributed by atoms with E-state index in [9.17, 15) is 18.0 Å². The van der Waals surface area contributed by atoms with Crippen molar-refractivity contribution in [3.8, 4) is 22.7 Å². The fourth-order valence-corrected chi connectivity index (χ4v) is 4.44. The molecule has 40 heavy (non-hydrogen) atoms. The highest BCUT2D eigenvalue weighted by Gasteiger charge is 2.31. The number of benzene rings is 1. The van der Waals surface area contributed by atoms with Crippen molar-refractivity contribution in [2.24, 2.45) is 0 Å². The van der Waals surface area contributed by atoms with Crippen molar-refractivity contribution in [1.29, 1.82) is 0 Å². The van der Waals surface area contributed by atoms with Crippen molar-refractivity contribution in [2.45, 2.75) is 20.2 Å². The van der Waals surface area contributed by atoms with Crippen LogP contribution < -0.4 is 15.0 Å². The van der Waals surface area contributed by atoms with Crippen LogP contribution in [0.15, 0.2) is 61.2 Å². The summed E-state index contributed by atoms with van der Waals surface area (Å²) in [4.78, 5) is 26.2. The first-order valence-electron chi connectivity index (χ1n) is 12.7. The summed E-state index contributed by atoms with van der Waals surface area (Å²) < 4.78 is 43.1. The van der Waals surface area contributed by atoms with E-state index in [2.05, 4.69) is 47.1 Å². The van der Waals surface area contributed by atoms with E-state index in [1.165, 1.54) is 18.3 Å². The average Bonchev–Trinajstić information content (AvgIpc) is 3.44. The predicted octanol–water partition coefficient (Wildman–Crippen LogP) is 4.33. The lowest BCUT2D eigenvalue weighted by Crippen LogP contribution is -2.46. The second-order valence-corrected chi connectivity index (χ2v) is 9.26. The standard InChI is InChI=1S/C27H27F3N8O2/c1-3-36-7-9-37(10-8-36)22-11-20(14-31-16-22)24-17-38(35-34-24)25-13-21(15-32-18(25)2)33-26(39)19-5-4-6-23(12-19)40-27(28,29)30/h4-6,11-17H,3,7-10H2,1-2H3,(H,33,39). The predicted molar refractivity (Wildman–Crippen MR) is 143 cm³/mol. The quantitative estimate of drug-likeness (QED) is 0.362. The molecule has 10 nitrogen and oxygen atoms in total. The minimum atomic E-state index is -4.86. The van der Waals surface area contributed by atoms with E-state index in [1.807, 2.05) is 12.3 Å². The fraction of sp³-hybridized carbons (Fsp3) is 0.296. The van der Waals surface area contributed by atoms with Gasteiger partial charge in [0.15, 0.2) is 0 Å². The molecule has 3 aromatic heterocycles. The highest BCUT2D eigenvalue weighted by molar-refractivity contribution is 6.04. The number of aromatic nitrogens is 5. The third-order valence-corrected chi connectivity index (χ3v) is 6.59. The number of hydrogen-bond acceptors (Lipinski definition) is 8. The number of carbonyl (C=O) groups is 1. The third-order valence-electron chi connectivity index (χ3n) is 6.59. The summed E-state index contributed by atoms with van der Waals surface area (Å²) in [7, 11) is 0. The monoisotopic (exact) mass is 552 g/mol. The number of piperazine rings is 1. The molecule has 5 rings (SSSR count). The third kappa shape index (κ3) is 6.37. The molecule has 1 amide bonds. The number of pyridine rings is 2. The first-order valence-corrected chi connectivity index (χ1v) is 12.7. The van der Waals surface area contributed by atoms with Gasteiger partial charge < -0.3 is 19.9 Å². The lowest BCUT2D eigenvalue weighted by atomic mass is 10.2. The van der Waals surface area contributed by atoms with E-state index in [-0.39, 0.29) is 5.56 Å². The molecule has 4 aromatic rings. The Bertz CT molecular complexity index is 1500. The number of ether oxygens (including phenoxy) is 1. The lowest BCUT2D eigenvalue weighted by molar-refractivity contribution is -0.274. The zero-order valence-electron chi connectivity index (χ0n) is 21.9. The van der Waals surface area contributed by atoms with Crippen LogP contribution >= 0.6 is 0 Å². The van der Waals surface area contributed by atoms with Gasteiger partial charge in [-0.05, 0) is 43.8 Å². The van der Waals surface area contributed by atoms with Crippen LogP contribution in [0, 0.1) is 6.92 Å². The van der Waals surface area contributed by atoms with Crippen LogP contribution in [0.5, 0.6) is 5.75 Å². The van der Waals surface area contributed by atoms with Crippen LogP contribution in [0.2, 0.25) is 0 Å². The number of amides is 1. The number of anilines is 2. The summed E-state index contributed by atoms with van der Waals surface area (Å²) in [6.45, 7) is 8.85. The molecule has 0 radical (unpaired) electrons. The molecule has 1 aromatic carbocycles. The highest BCUT2D eigenvalue weighted by atomic mass is 19.4. The van der Waals surface area contributed by atoms with E-state index in [4.69, 9.17) is 0 Å². The van der Waals surface area contributed by atoms with Crippen molar-refractivity contribution >= 4 is 17.3 Å². The van der Waals surface area contributed by atoms with Gasteiger partial charge in [-0.25, -0.2) is 4.68 Å². The summed E-state index contributed by atoms with van der Waals surface area (Å²) in [6.07, 6.45) is 1.93. The smallest absolute Gasteiger partial charge is 0.406 e. The second-order valence-electron chi connectivity index (χ2n) is 9.26. The maximum absolute atomic E-state index is 12.7. The molecule has 0 unspecified atom stereocenters. The zero-order chi connectivity index (χ0) is 28.3. The Morgan fingerprint density at radius 3 is 2.62 bits per heavy atom. The Hall–Kier alpha value is -4.52. The Balaban J connectivity index is 1.32. The number of hydrogen-bond donors (Lipinski definition) is 1. The van der Waals surface area contributed by atoms with Gasteiger partial charge in [0, 0.05) is 43.5 Å². The SMILES string of the molecule is CCN1CCN(c2cncc(-c3cn(-c4cc(NC(=O)c5cccc(OC(F)(F)F)c5)cnc4C)nn3)c2)CC1. The van der Waals surface area contributed by atoms with E-state index < -0.39 is 18.0 Å². The number of nitrogens with zero attached hydrogens (tertiary/aromatic N) is 7. The molecule has 1 aliphatic rings. The molecule has 4 heterocycles. The van der Waals surface area contributed by atoms with E-state index in [0.717, 1.165) is 56.1 Å². The van der Waals surface area contributed by atoms with Gasteiger partial charge in [0.05, 0.1) is 41.3 Å². The molecule has 1 aliphatic heterocycles. The number of aryl methyl sites for hydroxylation is 1. The number of alkyl halides is 3. The van der Waals surface area contributed by atoms with Gasteiger partial charge in [-0.3, -0.25) is 14.8 Å². The second kappa shape index (κ2) is 11.3. The zero-order valence-corrected chi connectivity index (χ0v) is 21.9. The molecular weight excluding hydrogens is 525 g/mol. The minimum Gasteiger partial charge on any atom is -0.406 e. The molecule has 0 atom stereocenters. The molecule has 0 aliphatic carbocycles. The van der Waals surface area contributed by atoms with Crippen molar-refractivity contribution in [3.05, 3.63) is 72.4 Å². The van der Waals surface area contributed by atoms with Gasteiger partial charge in [-0.1, -0.05) is 18.2 Å². The van der Waals surface area contributed by atoms with Gasteiger partial charge in [0.25, 0.3) is 5.91 Å². The molecule has 1 saturated heterocycles. The van der Waals surface area contributed by atoms with Crippen molar-refractivity contribution in [3.63, 3.8) is 0 Å². The largest absolute Gasteiger partial charge is 0.573 e. The van der Waals surface area contributed by atoms with Crippen LogP contribution in [-0.2, 0) is 0 Å². The number of rotatable bonds is 7. The summed E-state index contributed by atoms with van der Waals surface area (Å²) in [5, 5.41) is 11.2. The average molecular weight is 553 g/mol. The minimum absolute atomic E-state index is 0.00425. The lowest BCUT2D eigenvalue weighted by Gasteiger charge is -2.35. The number of nitrogens with one attached hydrogen (secondary N) is 1.